The van der Waals surface area contributed by atoms with Crippen LogP contribution < -0.4 is 4.74 Å². The van der Waals surface area contributed by atoms with Gasteiger partial charge in [-0.1, -0.05) is 24.3 Å². The molecule has 3 rings (SSSR count). The third-order valence-corrected chi connectivity index (χ3v) is 3.82. The van der Waals surface area contributed by atoms with Gasteiger partial charge < -0.3 is 9.47 Å². The van der Waals surface area contributed by atoms with Crippen LogP contribution in [0.3, 0.4) is 0 Å². The van der Waals surface area contributed by atoms with Gasteiger partial charge in [-0.3, -0.25) is 0 Å². The van der Waals surface area contributed by atoms with Crippen molar-refractivity contribution < 1.29 is 14.3 Å². The van der Waals surface area contributed by atoms with Crippen LogP contribution >= 0.6 is 11.3 Å². The van der Waals surface area contributed by atoms with Gasteiger partial charge >= 0.3 is 5.97 Å². The molecular formula is C16H12O3S. The molecule has 0 radical (unpaired) electrons. The molecule has 0 saturated carbocycles. The first-order valence-electron chi connectivity index (χ1n) is 6.10. The van der Waals surface area contributed by atoms with Crippen LogP contribution in [-0.4, -0.2) is 13.1 Å². The Bertz CT molecular complexity index is 696. The number of cyclic esters (lactones) is 1. The van der Waals surface area contributed by atoms with E-state index >= 15 is 0 Å². The molecule has 20 heavy (non-hydrogen) atoms. The molecule has 0 atom stereocenters. The van der Waals surface area contributed by atoms with Crippen molar-refractivity contribution in [1.29, 1.82) is 0 Å². The predicted octanol–water partition coefficient (Wildman–Crippen LogP) is 3.74. The van der Waals surface area contributed by atoms with Gasteiger partial charge in [0.1, 0.15) is 11.5 Å². The first-order chi connectivity index (χ1) is 9.78. The van der Waals surface area contributed by atoms with Crippen LogP contribution in [0.25, 0.3) is 11.8 Å². The van der Waals surface area contributed by atoms with Crippen molar-refractivity contribution in [3.8, 4) is 5.75 Å². The molecule has 0 saturated heterocycles. The molecule has 3 nitrogen and oxygen atoms in total. The zero-order valence-corrected chi connectivity index (χ0v) is 11.6. The lowest BCUT2D eigenvalue weighted by Crippen LogP contribution is -1.97. The minimum atomic E-state index is -0.334. The molecule has 0 bridgehead atoms. The van der Waals surface area contributed by atoms with E-state index in [0.29, 0.717) is 11.3 Å². The summed E-state index contributed by atoms with van der Waals surface area (Å²) in [6, 6.07) is 11.4. The van der Waals surface area contributed by atoms with Gasteiger partial charge in [0, 0.05) is 5.56 Å². The Morgan fingerprint density at radius 3 is 2.80 bits per heavy atom. The van der Waals surface area contributed by atoms with Gasteiger partial charge in [0.25, 0.3) is 0 Å². The summed E-state index contributed by atoms with van der Waals surface area (Å²) >= 11 is 1.54. The van der Waals surface area contributed by atoms with Gasteiger partial charge in [0.05, 0.1) is 17.6 Å². The molecule has 0 fully saturated rings. The second-order valence-electron chi connectivity index (χ2n) is 4.22. The quantitative estimate of drug-likeness (QED) is 0.636. The van der Waals surface area contributed by atoms with Gasteiger partial charge in [0.15, 0.2) is 0 Å². The Morgan fingerprint density at radius 2 is 2.05 bits per heavy atom. The Kier molecular flexibility index (Phi) is 3.39. The lowest BCUT2D eigenvalue weighted by molar-refractivity contribution is -0.130. The predicted molar refractivity (Wildman–Crippen MR) is 79.4 cm³/mol. The smallest absolute Gasteiger partial charge is 0.343 e. The number of esters is 1. The number of benzene rings is 1. The maximum absolute atomic E-state index is 11.9. The highest BCUT2D eigenvalue weighted by molar-refractivity contribution is 7.11. The maximum atomic E-state index is 11.9. The fourth-order valence-corrected chi connectivity index (χ4v) is 2.66. The second kappa shape index (κ2) is 5.35. The van der Waals surface area contributed by atoms with Crippen LogP contribution in [0.4, 0.5) is 0 Å². The summed E-state index contributed by atoms with van der Waals surface area (Å²) in [6.45, 7) is 0. The topological polar surface area (TPSA) is 35.5 Å². The fraction of sp³-hybridized carbons (Fsp3) is 0.0625. The molecule has 0 unspecified atom stereocenters. The molecule has 2 aromatic rings. The van der Waals surface area contributed by atoms with Crippen LogP contribution in [0.1, 0.15) is 10.4 Å². The number of hydrogen-bond acceptors (Lipinski definition) is 4. The SMILES string of the molecule is COc1ccccc1/C=C1\C=C(c2cccs2)OC1=O. The number of hydrogen-bond donors (Lipinski definition) is 0. The van der Waals surface area contributed by atoms with Crippen molar-refractivity contribution in [3.05, 3.63) is 63.9 Å². The third-order valence-electron chi connectivity index (χ3n) is 2.94. The highest BCUT2D eigenvalue weighted by Crippen LogP contribution is 2.31. The van der Waals surface area contributed by atoms with E-state index in [1.807, 2.05) is 41.8 Å². The first-order valence-corrected chi connectivity index (χ1v) is 6.98. The number of ether oxygens (including phenoxy) is 2. The van der Waals surface area contributed by atoms with E-state index in [4.69, 9.17) is 9.47 Å². The van der Waals surface area contributed by atoms with Gasteiger partial charge in [-0.05, 0) is 29.7 Å². The number of rotatable bonds is 3. The minimum Gasteiger partial charge on any atom is -0.496 e. The molecule has 100 valence electrons. The Balaban J connectivity index is 1.97. The Morgan fingerprint density at radius 1 is 1.20 bits per heavy atom. The van der Waals surface area contributed by atoms with E-state index in [1.54, 1.807) is 30.6 Å². The van der Waals surface area contributed by atoms with E-state index < -0.39 is 0 Å². The lowest BCUT2D eigenvalue weighted by Gasteiger charge is -2.03. The molecule has 4 heteroatoms. The second-order valence-corrected chi connectivity index (χ2v) is 5.16. The zero-order chi connectivity index (χ0) is 13.9. The molecule has 2 heterocycles. The maximum Gasteiger partial charge on any atom is 0.343 e. The zero-order valence-electron chi connectivity index (χ0n) is 10.8. The van der Waals surface area contributed by atoms with Crippen molar-refractivity contribution in [3.63, 3.8) is 0 Å². The van der Waals surface area contributed by atoms with E-state index in [1.165, 1.54) is 0 Å². The molecule has 1 aliphatic rings. The number of thiophene rings is 1. The standard InChI is InChI=1S/C16H12O3S/c1-18-13-6-3-2-5-11(13)9-12-10-14(19-16(12)17)15-7-4-8-20-15/h2-10H,1H3/b12-9+. The number of para-hydroxylation sites is 1. The summed E-state index contributed by atoms with van der Waals surface area (Å²) < 4.78 is 10.6. The van der Waals surface area contributed by atoms with Crippen LogP contribution in [0, 0.1) is 0 Å². The van der Waals surface area contributed by atoms with Gasteiger partial charge in [-0.15, -0.1) is 11.3 Å². The highest BCUT2D eigenvalue weighted by atomic mass is 32.1. The minimum absolute atomic E-state index is 0.334. The van der Waals surface area contributed by atoms with Crippen LogP contribution in [0.15, 0.2) is 53.4 Å². The molecular weight excluding hydrogens is 272 g/mol. The van der Waals surface area contributed by atoms with Gasteiger partial charge in [-0.2, -0.15) is 0 Å². The highest BCUT2D eigenvalue weighted by Gasteiger charge is 2.22. The first kappa shape index (κ1) is 12.7. The molecule has 0 amide bonds. The monoisotopic (exact) mass is 284 g/mol. The molecule has 1 aliphatic heterocycles. The Labute approximate surface area is 120 Å². The van der Waals surface area contributed by atoms with Crippen LogP contribution in [0.5, 0.6) is 5.75 Å². The molecule has 0 aliphatic carbocycles. The lowest BCUT2D eigenvalue weighted by atomic mass is 10.1. The van der Waals surface area contributed by atoms with E-state index in [0.717, 1.165) is 16.2 Å². The summed E-state index contributed by atoms with van der Waals surface area (Å²) in [5, 5.41) is 1.95. The summed E-state index contributed by atoms with van der Waals surface area (Å²) in [4.78, 5) is 12.9. The fourth-order valence-electron chi connectivity index (χ4n) is 1.98. The largest absolute Gasteiger partial charge is 0.496 e. The number of carbonyl (C=O) groups excluding carboxylic acids is 1. The molecule has 0 N–H and O–H groups in total. The average molecular weight is 284 g/mol. The molecule has 0 spiro atoms. The molecule has 1 aromatic carbocycles. The summed E-state index contributed by atoms with van der Waals surface area (Å²) in [5.41, 5.74) is 1.38. The Hall–Kier alpha value is -2.33. The summed E-state index contributed by atoms with van der Waals surface area (Å²) in [6.07, 6.45) is 3.54. The van der Waals surface area contributed by atoms with Crippen molar-refractivity contribution >= 4 is 29.1 Å². The third kappa shape index (κ3) is 2.38. The van der Waals surface area contributed by atoms with Gasteiger partial charge in [0.2, 0.25) is 0 Å². The average Bonchev–Trinajstić information content (AvgIpc) is 3.10. The summed E-state index contributed by atoms with van der Waals surface area (Å²) in [7, 11) is 1.61. The number of carbonyl (C=O) groups is 1. The van der Waals surface area contributed by atoms with Crippen molar-refractivity contribution in [2.45, 2.75) is 0 Å². The van der Waals surface area contributed by atoms with E-state index in [9.17, 15) is 4.79 Å². The van der Waals surface area contributed by atoms with E-state index in [2.05, 4.69) is 0 Å². The van der Waals surface area contributed by atoms with E-state index in [-0.39, 0.29) is 5.97 Å². The van der Waals surface area contributed by atoms with Crippen LogP contribution in [-0.2, 0) is 9.53 Å². The van der Waals surface area contributed by atoms with Crippen molar-refractivity contribution in [1.82, 2.24) is 0 Å². The summed E-state index contributed by atoms with van der Waals surface area (Å²) in [5.74, 6) is 0.997. The normalized spacial score (nSPS) is 16.1. The van der Waals surface area contributed by atoms with Crippen LogP contribution in [0.2, 0.25) is 0 Å². The molecule has 1 aromatic heterocycles. The van der Waals surface area contributed by atoms with Gasteiger partial charge in [-0.25, -0.2) is 4.79 Å². The van der Waals surface area contributed by atoms with Crippen molar-refractivity contribution in [2.75, 3.05) is 7.11 Å². The van der Waals surface area contributed by atoms with Crippen molar-refractivity contribution in [2.24, 2.45) is 0 Å². The number of methoxy groups -OCH3 is 1.